The maximum Gasteiger partial charge on any atom is 0.0666 e. The van der Waals surface area contributed by atoms with Crippen LogP contribution < -0.4 is 5.73 Å². The summed E-state index contributed by atoms with van der Waals surface area (Å²) in [6.07, 6.45) is 0. The number of thiophene rings is 1. The van der Waals surface area contributed by atoms with E-state index in [1.165, 1.54) is 4.88 Å². The van der Waals surface area contributed by atoms with Crippen LogP contribution in [0.15, 0.2) is 15.9 Å². The van der Waals surface area contributed by atoms with E-state index in [0.717, 1.165) is 11.0 Å². The number of likely N-dealkylation sites (N-methyl/N-ethyl adjacent to an activating group) is 1. The summed E-state index contributed by atoms with van der Waals surface area (Å²) in [5, 5.41) is 10.9. The molecule has 0 aliphatic heterocycles. The summed E-state index contributed by atoms with van der Waals surface area (Å²) < 4.78 is 1.09. The van der Waals surface area contributed by atoms with Crippen LogP contribution in [0.3, 0.4) is 0 Å². The zero-order chi connectivity index (χ0) is 12.1. The van der Waals surface area contributed by atoms with Crippen LogP contribution in [-0.2, 0) is 0 Å². The number of hydrogen-bond donors (Lipinski definition) is 1. The standard InChI is InChI=1S/C11H16BrN3S/c1-8(4-13)6-15(2)10(5-14)11-3-9(12)7-16-11/h3,7-8,10H,5-6,14H2,1-2H3. The first-order valence-corrected chi connectivity index (χ1v) is 6.79. The molecule has 0 spiro atoms. The fourth-order valence-corrected chi connectivity index (χ4v) is 3.24. The molecule has 1 aromatic heterocycles. The van der Waals surface area contributed by atoms with E-state index in [2.05, 4.69) is 38.3 Å². The van der Waals surface area contributed by atoms with Crippen LogP contribution in [0.1, 0.15) is 17.8 Å². The van der Waals surface area contributed by atoms with Gasteiger partial charge in [-0.15, -0.1) is 11.3 Å². The lowest BCUT2D eigenvalue weighted by atomic mass is 10.1. The molecule has 3 nitrogen and oxygen atoms in total. The van der Waals surface area contributed by atoms with Gasteiger partial charge in [0.2, 0.25) is 0 Å². The van der Waals surface area contributed by atoms with Crippen LogP contribution >= 0.6 is 27.3 Å². The van der Waals surface area contributed by atoms with Crippen LogP contribution in [0.4, 0.5) is 0 Å². The highest BCUT2D eigenvalue weighted by Crippen LogP contribution is 2.28. The van der Waals surface area contributed by atoms with Gasteiger partial charge in [-0.25, -0.2) is 0 Å². The van der Waals surface area contributed by atoms with Crippen molar-refractivity contribution in [3.05, 3.63) is 20.8 Å². The van der Waals surface area contributed by atoms with Crippen LogP contribution in [-0.4, -0.2) is 25.0 Å². The van der Waals surface area contributed by atoms with E-state index in [9.17, 15) is 0 Å². The Hall–Kier alpha value is -0.410. The molecule has 0 aromatic carbocycles. The maximum absolute atomic E-state index is 8.80. The molecule has 0 saturated carbocycles. The molecule has 0 aliphatic carbocycles. The lowest BCUT2D eigenvalue weighted by Gasteiger charge is -2.26. The second-order valence-corrected chi connectivity index (χ2v) is 5.75. The summed E-state index contributed by atoms with van der Waals surface area (Å²) in [4.78, 5) is 3.38. The molecule has 0 radical (unpaired) electrons. The molecule has 1 heterocycles. The summed E-state index contributed by atoms with van der Waals surface area (Å²) in [6, 6.07) is 4.54. The monoisotopic (exact) mass is 301 g/mol. The second-order valence-electron chi connectivity index (χ2n) is 3.89. The fraction of sp³-hybridized carbons (Fsp3) is 0.545. The molecule has 16 heavy (non-hydrogen) atoms. The highest BCUT2D eigenvalue weighted by Gasteiger charge is 2.18. The summed E-state index contributed by atoms with van der Waals surface area (Å²) in [7, 11) is 2.01. The van der Waals surface area contributed by atoms with Gasteiger partial charge >= 0.3 is 0 Å². The average Bonchev–Trinajstić information content (AvgIpc) is 2.65. The quantitative estimate of drug-likeness (QED) is 0.909. The Kier molecular flexibility index (Phi) is 5.42. The largest absolute Gasteiger partial charge is 0.329 e. The zero-order valence-electron chi connectivity index (χ0n) is 9.48. The van der Waals surface area contributed by atoms with Crippen LogP contribution in [0.2, 0.25) is 0 Å². The molecule has 0 bridgehead atoms. The minimum absolute atomic E-state index is 0.0300. The van der Waals surface area contributed by atoms with Crippen molar-refractivity contribution in [3.8, 4) is 6.07 Å². The van der Waals surface area contributed by atoms with Gasteiger partial charge in [-0.05, 0) is 36.0 Å². The highest BCUT2D eigenvalue weighted by molar-refractivity contribution is 9.10. The first kappa shape index (κ1) is 13.7. The fourth-order valence-electron chi connectivity index (χ4n) is 1.62. The highest BCUT2D eigenvalue weighted by atomic mass is 79.9. The first-order chi connectivity index (χ1) is 7.58. The minimum Gasteiger partial charge on any atom is -0.329 e. The van der Waals surface area contributed by atoms with Gasteiger partial charge in [0.15, 0.2) is 0 Å². The summed E-state index contributed by atoms with van der Waals surface area (Å²) in [5.41, 5.74) is 5.80. The summed E-state index contributed by atoms with van der Waals surface area (Å²) in [6.45, 7) is 3.24. The van der Waals surface area contributed by atoms with Crippen molar-refractivity contribution in [3.63, 3.8) is 0 Å². The predicted molar refractivity (Wildman–Crippen MR) is 71.2 cm³/mol. The third-order valence-corrected chi connectivity index (χ3v) is 4.25. The van der Waals surface area contributed by atoms with Crippen molar-refractivity contribution in [2.24, 2.45) is 11.7 Å². The molecule has 1 rings (SSSR count). The van der Waals surface area contributed by atoms with Gasteiger partial charge in [-0.1, -0.05) is 0 Å². The van der Waals surface area contributed by atoms with Crippen LogP contribution in [0, 0.1) is 17.2 Å². The third-order valence-electron chi connectivity index (χ3n) is 2.45. The van der Waals surface area contributed by atoms with Crippen molar-refractivity contribution < 1.29 is 0 Å². The Morgan fingerprint density at radius 2 is 2.38 bits per heavy atom. The molecule has 0 aliphatic rings. The number of nitrogens with two attached hydrogens (primary N) is 1. The van der Waals surface area contributed by atoms with Gasteiger partial charge < -0.3 is 5.73 Å². The number of halogens is 1. The molecule has 0 fully saturated rings. The zero-order valence-corrected chi connectivity index (χ0v) is 11.9. The van der Waals surface area contributed by atoms with Gasteiger partial charge in [0.05, 0.1) is 18.0 Å². The minimum atomic E-state index is 0.0300. The van der Waals surface area contributed by atoms with E-state index < -0.39 is 0 Å². The lowest BCUT2D eigenvalue weighted by Crippen LogP contribution is -2.32. The Labute approximate surface area is 109 Å². The smallest absolute Gasteiger partial charge is 0.0666 e. The van der Waals surface area contributed by atoms with E-state index in [1.54, 1.807) is 11.3 Å². The summed E-state index contributed by atoms with van der Waals surface area (Å²) in [5.74, 6) is 0.0300. The van der Waals surface area contributed by atoms with E-state index in [1.807, 2.05) is 14.0 Å². The lowest BCUT2D eigenvalue weighted by molar-refractivity contribution is 0.237. The number of hydrogen-bond acceptors (Lipinski definition) is 4. The topological polar surface area (TPSA) is 53.0 Å². The molecule has 1 aromatic rings. The number of rotatable bonds is 5. The number of nitriles is 1. The second kappa shape index (κ2) is 6.36. The van der Waals surface area contributed by atoms with Gasteiger partial charge in [0.1, 0.15) is 0 Å². The molecule has 88 valence electrons. The Bertz CT molecular complexity index is 372. The van der Waals surface area contributed by atoms with Gasteiger partial charge in [-0.2, -0.15) is 5.26 Å². The molecule has 2 unspecified atom stereocenters. The molecule has 2 N–H and O–H groups in total. The maximum atomic E-state index is 8.80. The molecule has 5 heteroatoms. The van der Waals surface area contributed by atoms with E-state index in [-0.39, 0.29) is 12.0 Å². The van der Waals surface area contributed by atoms with Crippen LogP contribution in [0.5, 0.6) is 0 Å². The average molecular weight is 302 g/mol. The predicted octanol–water partition coefficient (Wildman–Crippen LogP) is 2.60. The van der Waals surface area contributed by atoms with Crippen molar-refractivity contribution in [2.45, 2.75) is 13.0 Å². The van der Waals surface area contributed by atoms with Crippen molar-refractivity contribution in [1.82, 2.24) is 4.90 Å². The molecule has 0 amide bonds. The van der Waals surface area contributed by atoms with Crippen molar-refractivity contribution >= 4 is 27.3 Å². The molecular formula is C11H16BrN3S. The van der Waals surface area contributed by atoms with E-state index >= 15 is 0 Å². The van der Waals surface area contributed by atoms with E-state index in [0.29, 0.717) is 6.54 Å². The summed E-state index contributed by atoms with van der Waals surface area (Å²) >= 11 is 5.14. The Morgan fingerprint density at radius 1 is 1.69 bits per heavy atom. The van der Waals surface area contributed by atoms with Gasteiger partial charge in [-0.3, -0.25) is 4.90 Å². The Morgan fingerprint density at radius 3 is 2.81 bits per heavy atom. The van der Waals surface area contributed by atoms with Gasteiger partial charge in [0, 0.05) is 27.8 Å². The normalized spacial score (nSPS) is 14.8. The van der Waals surface area contributed by atoms with E-state index in [4.69, 9.17) is 11.0 Å². The molecular weight excluding hydrogens is 286 g/mol. The molecule has 0 saturated heterocycles. The SMILES string of the molecule is CC(C#N)CN(C)C(CN)c1cc(Br)cs1. The van der Waals surface area contributed by atoms with Crippen molar-refractivity contribution in [2.75, 3.05) is 20.1 Å². The Balaban J connectivity index is 2.71. The first-order valence-electron chi connectivity index (χ1n) is 5.12. The van der Waals surface area contributed by atoms with Crippen molar-refractivity contribution in [1.29, 1.82) is 5.26 Å². The number of nitrogens with zero attached hydrogens (tertiary/aromatic N) is 2. The molecule has 2 atom stereocenters. The third kappa shape index (κ3) is 3.56. The van der Waals surface area contributed by atoms with Gasteiger partial charge in [0.25, 0.3) is 0 Å². The van der Waals surface area contributed by atoms with Crippen LogP contribution in [0.25, 0.3) is 0 Å².